The first-order chi connectivity index (χ1) is 15.8. The molecule has 2 amide bonds. The van der Waals surface area contributed by atoms with E-state index in [2.05, 4.69) is 60.6 Å². The summed E-state index contributed by atoms with van der Waals surface area (Å²) >= 11 is 0. The summed E-state index contributed by atoms with van der Waals surface area (Å²) in [4.78, 5) is 29.8. The second-order valence-corrected chi connectivity index (χ2v) is 9.50. The topological polar surface area (TPSA) is 58.4 Å². The molecule has 2 heterocycles. The van der Waals surface area contributed by atoms with Gasteiger partial charge in [0.1, 0.15) is 6.54 Å². The van der Waals surface area contributed by atoms with Crippen LogP contribution in [0.1, 0.15) is 23.1 Å². The summed E-state index contributed by atoms with van der Waals surface area (Å²) in [7, 11) is 3.59. The van der Waals surface area contributed by atoms with Gasteiger partial charge < -0.3 is 9.80 Å². The van der Waals surface area contributed by atoms with Crippen molar-refractivity contribution in [3.05, 3.63) is 77.6 Å². The number of likely N-dealkylation sites (tertiary alicyclic amines) is 1. The summed E-state index contributed by atoms with van der Waals surface area (Å²) in [6, 6.07) is 16.9. The molecule has 0 unspecified atom stereocenters. The smallest absolute Gasteiger partial charge is 0.244 e. The minimum absolute atomic E-state index is 0.0000581. The minimum Gasteiger partial charge on any atom is -0.348 e. The molecule has 1 aromatic heterocycles. The number of aryl methyl sites for hydroxylation is 2. The fourth-order valence-electron chi connectivity index (χ4n) is 4.74. The molecule has 4 rings (SSSR count). The van der Waals surface area contributed by atoms with Crippen LogP contribution in [-0.4, -0.2) is 58.6 Å². The Hall–Kier alpha value is -3.41. The van der Waals surface area contributed by atoms with Crippen molar-refractivity contribution in [1.82, 2.24) is 19.6 Å². The molecule has 1 atom stereocenters. The van der Waals surface area contributed by atoms with Gasteiger partial charge in [-0.05, 0) is 48.9 Å². The Morgan fingerprint density at radius 2 is 1.79 bits per heavy atom. The van der Waals surface area contributed by atoms with E-state index in [-0.39, 0.29) is 18.4 Å². The van der Waals surface area contributed by atoms with Gasteiger partial charge in [0.2, 0.25) is 11.8 Å². The minimum atomic E-state index is -0.620. The summed E-state index contributed by atoms with van der Waals surface area (Å²) in [6.07, 6.45) is 4.87. The zero-order valence-electron chi connectivity index (χ0n) is 19.9. The molecule has 172 valence electrons. The maximum Gasteiger partial charge on any atom is 0.244 e. The highest BCUT2D eigenvalue weighted by Crippen LogP contribution is 2.37. The number of hydrogen-bond donors (Lipinski definition) is 0. The molecule has 0 N–H and O–H groups in total. The highest BCUT2D eigenvalue weighted by molar-refractivity contribution is 5.85. The maximum atomic E-state index is 13.4. The maximum absolute atomic E-state index is 13.4. The third-order valence-corrected chi connectivity index (χ3v) is 6.48. The van der Waals surface area contributed by atoms with Gasteiger partial charge in [-0.25, -0.2) is 0 Å². The van der Waals surface area contributed by atoms with Gasteiger partial charge in [0, 0.05) is 33.4 Å². The molecule has 0 spiro atoms. The Kier molecular flexibility index (Phi) is 6.36. The van der Waals surface area contributed by atoms with E-state index < -0.39 is 5.41 Å². The van der Waals surface area contributed by atoms with E-state index in [4.69, 9.17) is 0 Å². The molecule has 0 saturated carbocycles. The number of carbonyl (C=O) groups is 2. The average Bonchev–Trinajstić information content (AvgIpc) is 3.40. The van der Waals surface area contributed by atoms with Crippen molar-refractivity contribution in [1.29, 1.82) is 0 Å². The van der Waals surface area contributed by atoms with Crippen molar-refractivity contribution >= 4 is 11.8 Å². The zero-order valence-corrected chi connectivity index (χ0v) is 19.9. The molecular weight excluding hydrogens is 412 g/mol. The highest BCUT2D eigenvalue weighted by Gasteiger charge is 2.46. The normalized spacial score (nSPS) is 17.9. The molecule has 0 radical (unpaired) electrons. The van der Waals surface area contributed by atoms with Gasteiger partial charge in [-0.1, -0.05) is 54.1 Å². The van der Waals surface area contributed by atoms with Crippen molar-refractivity contribution in [2.24, 2.45) is 5.41 Å². The molecule has 6 nitrogen and oxygen atoms in total. The molecule has 1 aliphatic heterocycles. The van der Waals surface area contributed by atoms with Crippen LogP contribution in [0.15, 0.2) is 60.9 Å². The zero-order chi connectivity index (χ0) is 23.6. The standard InChI is InChI=1S/C27H32N4O2/c1-20-8-10-23(11-9-20)24-7-5-6-22(14-24)15-27(26(33)29(3)4)12-13-30(19-27)25(32)18-31-17-21(2)16-28-31/h5-11,14,16-17H,12-13,15,18-19H2,1-4H3/t27-/m1/s1. The third kappa shape index (κ3) is 5.00. The average molecular weight is 445 g/mol. The van der Waals surface area contributed by atoms with E-state index >= 15 is 0 Å². The number of hydrogen-bond acceptors (Lipinski definition) is 3. The van der Waals surface area contributed by atoms with E-state index in [1.807, 2.05) is 18.0 Å². The number of nitrogens with zero attached hydrogens (tertiary/aromatic N) is 4. The number of amides is 2. The van der Waals surface area contributed by atoms with Crippen LogP contribution < -0.4 is 0 Å². The molecule has 1 fully saturated rings. The van der Waals surface area contributed by atoms with Crippen LogP contribution >= 0.6 is 0 Å². The van der Waals surface area contributed by atoms with Crippen molar-refractivity contribution in [2.45, 2.75) is 33.2 Å². The lowest BCUT2D eigenvalue weighted by molar-refractivity contribution is -0.139. The van der Waals surface area contributed by atoms with Crippen LogP contribution in [0.2, 0.25) is 0 Å². The monoisotopic (exact) mass is 444 g/mol. The highest BCUT2D eigenvalue weighted by atomic mass is 16.2. The number of carbonyl (C=O) groups excluding carboxylic acids is 2. The van der Waals surface area contributed by atoms with E-state index in [0.717, 1.165) is 22.3 Å². The molecule has 3 aromatic rings. The summed E-state index contributed by atoms with van der Waals surface area (Å²) in [6.45, 7) is 5.24. The molecular formula is C27H32N4O2. The Bertz CT molecular complexity index is 1150. The Morgan fingerprint density at radius 1 is 1.03 bits per heavy atom. The van der Waals surface area contributed by atoms with Crippen LogP contribution in [0.25, 0.3) is 11.1 Å². The van der Waals surface area contributed by atoms with Crippen LogP contribution in [0, 0.1) is 19.3 Å². The summed E-state index contributed by atoms with van der Waals surface area (Å²) < 4.78 is 1.66. The molecule has 2 aromatic carbocycles. The lowest BCUT2D eigenvalue weighted by Gasteiger charge is -2.31. The van der Waals surface area contributed by atoms with Crippen molar-refractivity contribution in [3.63, 3.8) is 0 Å². The molecule has 1 aliphatic rings. The van der Waals surface area contributed by atoms with Gasteiger partial charge in [-0.3, -0.25) is 14.3 Å². The van der Waals surface area contributed by atoms with Gasteiger partial charge in [0.15, 0.2) is 0 Å². The second kappa shape index (κ2) is 9.22. The van der Waals surface area contributed by atoms with Crippen LogP contribution in [0.3, 0.4) is 0 Å². The largest absolute Gasteiger partial charge is 0.348 e. The van der Waals surface area contributed by atoms with E-state index in [1.54, 1.807) is 29.9 Å². The van der Waals surface area contributed by atoms with Crippen LogP contribution in [0.5, 0.6) is 0 Å². The van der Waals surface area contributed by atoms with Crippen molar-refractivity contribution < 1.29 is 9.59 Å². The number of benzene rings is 2. The van der Waals surface area contributed by atoms with Crippen molar-refractivity contribution in [2.75, 3.05) is 27.2 Å². The Balaban J connectivity index is 1.56. The van der Waals surface area contributed by atoms with Gasteiger partial charge >= 0.3 is 0 Å². The Labute approximate surface area is 195 Å². The molecule has 0 aliphatic carbocycles. The van der Waals surface area contributed by atoms with Crippen LogP contribution in [0.4, 0.5) is 0 Å². The predicted octanol–water partition coefficient (Wildman–Crippen LogP) is 3.72. The molecule has 6 heteroatoms. The molecule has 1 saturated heterocycles. The third-order valence-electron chi connectivity index (χ3n) is 6.48. The first kappa shape index (κ1) is 22.8. The lowest BCUT2D eigenvalue weighted by Crippen LogP contribution is -2.45. The van der Waals surface area contributed by atoms with Gasteiger partial charge in [-0.15, -0.1) is 0 Å². The van der Waals surface area contributed by atoms with E-state index in [0.29, 0.717) is 25.9 Å². The number of rotatable bonds is 6. The fraction of sp³-hybridized carbons (Fsp3) is 0.370. The Morgan fingerprint density at radius 3 is 2.45 bits per heavy atom. The van der Waals surface area contributed by atoms with Gasteiger partial charge in [0.25, 0.3) is 0 Å². The summed E-state index contributed by atoms with van der Waals surface area (Å²) in [5.74, 6) is 0.0772. The molecule has 33 heavy (non-hydrogen) atoms. The van der Waals surface area contributed by atoms with Crippen molar-refractivity contribution in [3.8, 4) is 11.1 Å². The van der Waals surface area contributed by atoms with Crippen LogP contribution in [-0.2, 0) is 22.6 Å². The molecule has 0 bridgehead atoms. The lowest BCUT2D eigenvalue weighted by atomic mass is 9.79. The van der Waals surface area contributed by atoms with E-state index in [1.165, 1.54) is 5.56 Å². The van der Waals surface area contributed by atoms with Gasteiger partial charge in [-0.2, -0.15) is 5.10 Å². The number of aromatic nitrogens is 2. The fourth-order valence-corrected chi connectivity index (χ4v) is 4.74. The predicted molar refractivity (Wildman–Crippen MR) is 130 cm³/mol. The quantitative estimate of drug-likeness (QED) is 0.582. The van der Waals surface area contributed by atoms with Gasteiger partial charge in [0.05, 0.1) is 11.6 Å². The summed E-state index contributed by atoms with van der Waals surface area (Å²) in [5, 5.41) is 4.23. The second-order valence-electron chi connectivity index (χ2n) is 9.50. The SMILES string of the molecule is Cc1ccc(-c2cccc(C[C@]3(C(=O)N(C)C)CCN(C(=O)Cn4cc(C)cn4)C3)c2)cc1. The first-order valence-electron chi connectivity index (χ1n) is 11.4. The first-order valence-corrected chi connectivity index (χ1v) is 11.4. The summed E-state index contributed by atoms with van der Waals surface area (Å²) in [5.41, 5.74) is 5.04. The van der Waals surface area contributed by atoms with E-state index in [9.17, 15) is 9.59 Å².